The first-order chi connectivity index (χ1) is 12.9. The van der Waals surface area contributed by atoms with Gasteiger partial charge in [0.2, 0.25) is 5.91 Å². The van der Waals surface area contributed by atoms with Crippen LogP contribution >= 0.6 is 0 Å². The molecule has 0 radical (unpaired) electrons. The van der Waals surface area contributed by atoms with E-state index in [0.717, 1.165) is 55.4 Å². The van der Waals surface area contributed by atoms with Crippen molar-refractivity contribution in [1.29, 1.82) is 0 Å². The molecule has 0 saturated carbocycles. The molecule has 1 N–H and O–H groups in total. The summed E-state index contributed by atoms with van der Waals surface area (Å²) in [5.41, 5.74) is 4.19. The van der Waals surface area contributed by atoms with Crippen molar-refractivity contribution in [2.75, 3.05) is 38.0 Å². The van der Waals surface area contributed by atoms with Crippen molar-refractivity contribution in [2.24, 2.45) is 0 Å². The van der Waals surface area contributed by atoms with Gasteiger partial charge in [0.1, 0.15) is 0 Å². The van der Waals surface area contributed by atoms with E-state index in [-0.39, 0.29) is 5.91 Å². The van der Waals surface area contributed by atoms with Crippen molar-refractivity contribution in [2.45, 2.75) is 40.2 Å². The van der Waals surface area contributed by atoms with Crippen LogP contribution in [0.25, 0.3) is 0 Å². The Labute approximate surface area is 161 Å². The van der Waals surface area contributed by atoms with Gasteiger partial charge in [0.15, 0.2) is 5.76 Å². The Bertz CT molecular complexity index is 776. The Balaban J connectivity index is 1.50. The average Bonchev–Trinajstić information content (AvgIpc) is 3.03. The number of nitrogens with zero attached hydrogens (tertiary/aromatic N) is 3. The number of piperazine rings is 1. The topological polar surface area (TPSA) is 61.6 Å². The molecule has 2 aromatic rings. The Morgan fingerprint density at radius 1 is 1.19 bits per heavy atom. The number of benzene rings is 1. The molecule has 0 atom stereocenters. The van der Waals surface area contributed by atoms with Crippen LogP contribution in [0.15, 0.2) is 28.8 Å². The number of hydrogen-bond acceptors (Lipinski definition) is 5. The Hall–Kier alpha value is -2.18. The van der Waals surface area contributed by atoms with Crippen LogP contribution in [0, 0.1) is 13.8 Å². The van der Waals surface area contributed by atoms with Gasteiger partial charge in [0.05, 0.1) is 18.8 Å². The minimum Gasteiger partial charge on any atom is -0.360 e. The largest absolute Gasteiger partial charge is 0.360 e. The van der Waals surface area contributed by atoms with E-state index < -0.39 is 0 Å². The fourth-order valence-electron chi connectivity index (χ4n) is 3.54. The molecule has 2 heterocycles. The third-order valence-corrected chi connectivity index (χ3v) is 5.08. The molecule has 146 valence electrons. The van der Waals surface area contributed by atoms with Crippen LogP contribution in [0.3, 0.4) is 0 Å². The van der Waals surface area contributed by atoms with Gasteiger partial charge in [-0.3, -0.25) is 14.6 Å². The summed E-state index contributed by atoms with van der Waals surface area (Å²) in [4.78, 5) is 17.1. The van der Waals surface area contributed by atoms with E-state index in [1.165, 1.54) is 5.56 Å². The monoisotopic (exact) mass is 370 g/mol. The Morgan fingerprint density at radius 3 is 2.52 bits per heavy atom. The summed E-state index contributed by atoms with van der Waals surface area (Å²) in [6.45, 7) is 13.1. The number of nitrogens with one attached hydrogen (secondary N) is 1. The number of hydrogen-bond donors (Lipinski definition) is 1. The second-order valence-corrected chi connectivity index (χ2v) is 7.73. The number of para-hydroxylation sites is 1. The van der Waals surface area contributed by atoms with E-state index in [1.54, 1.807) is 0 Å². The summed E-state index contributed by atoms with van der Waals surface area (Å²) in [5.74, 6) is 1.34. The zero-order valence-corrected chi connectivity index (χ0v) is 16.8. The standard InChI is InChI=1S/C21H30N4O2/c1-15(2)19-7-5-6-16(3)21(19)22-20(26)14-25-10-8-24(9-11-25)13-18-12-17(4)23-27-18/h5-7,12,15H,8-11,13-14H2,1-4H3,(H,22,26). The van der Waals surface area contributed by atoms with Gasteiger partial charge >= 0.3 is 0 Å². The SMILES string of the molecule is Cc1cc(CN2CCN(CC(=O)Nc3c(C)cccc3C(C)C)CC2)on1. The average molecular weight is 370 g/mol. The summed E-state index contributed by atoms with van der Waals surface area (Å²) < 4.78 is 5.30. The maximum atomic E-state index is 12.6. The van der Waals surface area contributed by atoms with Crippen LogP contribution in [-0.4, -0.2) is 53.6 Å². The maximum Gasteiger partial charge on any atom is 0.238 e. The van der Waals surface area contributed by atoms with Gasteiger partial charge < -0.3 is 9.84 Å². The first kappa shape index (κ1) is 19.6. The van der Waals surface area contributed by atoms with E-state index in [9.17, 15) is 4.79 Å². The minimum atomic E-state index is 0.0607. The molecule has 1 saturated heterocycles. The van der Waals surface area contributed by atoms with Crippen molar-refractivity contribution in [3.8, 4) is 0 Å². The van der Waals surface area contributed by atoms with Crippen LogP contribution in [0.4, 0.5) is 5.69 Å². The lowest BCUT2D eigenvalue weighted by atomic mass is 9.98. The first-order valence-electron chi connectivity index (χ1n) is 9.68. The number of anilines is 1. The zero-order valence-electron chi connectivity index (χ0n) is 16.8. The minimum absolute atomic E-state index is 0.0607. The summed E-state index contributed by atoms with van der Waals surface area (Å²) in [7, 11) is 0. The molecule has 1 amide bonds. The number of carbonyl (C=O) groups excluding carboxylic acids is 1. The second-order valence-electron chi connectivity index (χ2n) is 7.73. The zero-order chi connectivity index (χ0) is 19.4. The van der Waals surface area contributed by atoms with Crippen LogP contribution < -0.4 is 5.32 Å². The lowest BCUT2D eigenvalue weighted by molar-refractivity contribution is -0.117. The molecular weight excluding hydrogens is 340 g/mol. The lowest BCUT2D eigenvalue weighted by Gasteiger charge is -2.33. The van der Waals surface area contributed by atoms with E-state index >= 15 is 0 Å². The third-order valence-electron chi connectivity index (χ3n) is 5.08. The van der Waals surface area contributed by atoms with Gasteiger partial charge in [-0.25, -0.2) is 0 Å². The molecule has 1 aromatic heterocycles. The fourth-order valence-corrected chi connectivity index (χ4v) is 3.54. The highest BCUT2D eigenvalue weighted by atomic mass is 16.5. The first-order valence-corrected chi connectivity index (χ1v) is 9.68. The fraction of sp³-hybridized carbons (Fsp3) is 0.524. The molecule has 27 heavy (non-hydrogen) atoms. The molecule has 1 aliphatic heterocycles. The molecule has 0 unspecified atom stereocenters. The van der Waals surface area contributed by atoms with E-state index in [2.05, 4.69) is 46.3 Å². The summed E-state index contributed by atoms with van der Waals surface area (Å²) in [6.07, 6.45) is 0. The normalized spacial score (nSPS) is 16.0. The van der Waals surface area contributed by atoms with Crippen molar-refractivity contribution in [3.63, 3.8) is 0 Å². The molecule has 0 bridgehead atoms. The summed E-state index contributed by atoms with van der Waals surface area (Å²) >= 11 is 0. The highest BCUT2D eigenvalue weighted by Crippen LogP contribution is 2.27. The summed E-state index contributed by atoms with van der Waals surface area (Å²) in [5, 5.41) is 7.08. The van der Waals surface area contributed by atoms with Gasteiger partial charge in [-0.2, -0.15) is 0 Å². The second kappa shape index (κ2) is 8.67. The van der Waals surface area contributed by atoms with E-state index in [1.807, 2.05) is 26.0 Å². The van der Waals surface area contributed by atoms with E-state index in [4.69, 9.17) is 4.52 Å². The quantitative estimate of drug-likeness (QED) is 0.846. The van der Waals surface area contributed by atoms with Gasteiger partial charge in [-0.15, -0.1) is 0 Å². The van der Waals surface area contributed by atoms with Crippen LogP contribution in [0.5, 0.6) is 0 Å². The highest BCUT2D eigenvalue weighted by Gasteiger charge is 2.21. The number of aromatic nitrogens is 1. The van der Waals surface area contributed by atoms with Crippen molar-refractivity contribution in [3.05, 3.63) is 46.8 Å². The Kier molecular flexibility index (Phi) is 6.29. The third kappa shape index (κ3) is 5.17. The smallest absolute Gasteiger partial charge is 0.238 e. The molecule has 1 fully saturated rings. The van der Waals surface area contributed by atoms with Crippen LogP contribution in [0.1, 0.15) is 42.3 Å². The van der Waals surface area contributed by atoms with Gasteiger partial charge in [-0.1, -0.05) is 37.2 Å². The molecule has 6 nitrogen and oxygen atoms in total. The number of carbonyl (C=O) groups is 1. The lowest BCUT2D eigenvalue weighted by Crippen LogP contribution is -2.48. The van der Waals surface area contributed by atoms with Crippen LogP contribution in [-0.2, 0) is 11.3 Å². The van der Waals surface area contributed by atoms with Gasteiger partial charge in [-0.05, 0) is 30.9 Å². The predicted octanol–water partition coefficient (Wildman–Crippen LogP) is 3.17. The molecule has 0 spiro atoms. The molecule has 3 rings (SSSR count). The summed E-state index contributed by atoms with van der Waals surface area (Å²) in [6, 6.07) is 8.17. The molecule has 1 aliphatic rings. The van der Waals surface area contributed by atoms with Crippen molar-refractivity contribution in [1.82, 2.24) is 15.0 Å². The highest BCUT2D eigenvalue weighted by molar-refractivity contribution is 5.93. The predicted molar refractivity (Wildman–Crippen MR) is 107 cm³/mol. The van der Waals surface area contributed by atoms with Crippen LogP contribution in [0.2, 0.25) is 0 Å². The van der Waals surface area contributed by atoms with Crippen molar-refractivity contribution >= 4 is 11.6 Å². The van der Waals surface area contributed by atoms with Gasteiger partial charge in [0.25, 0.3) is 0 Å². The number of aryl methyl sites for hydroxylation is 2. The van der Waals surface area contributed by atoms with Crippen molar-refractivity contribution < 1.29 is 9.32 Å². The van der Waals surface area contributed by atoms with Gasteiger partial charge in [0, 0.05) is 37.9 Å². The van der Waals surface area contributed by atoms with E-state index in [0.29, 0.717) is 12.5 Å². The molecule has 6 heteroatoms. The number of amides is 1. The molecule has 0 aliphatic carbocycles. The molecular formula is C21H30N4O2. The number of rotatable bonds is 6. The molecule has 1 aromatic carbocycles. The maximum absolute atomic E-state index is 12.6. The Morgan fingerprint density at radius 2 is 1.89 bits per heavy atom.